The molecule has 1 aromatic carbocycles. The fourth-order valence-electron chi connectivity index (χ4n) is 7.12. The van der Waals surface area contributed by atoms with E-state index in [1.165, 1.54) is 0 Å². The average Bonchev–Trinajstić information content (AvgIpc) is 2.77. The molecule has 16 heteroatoms. The highest BCUT2D eigenvalue weighted by Gasteiger charge is 2.62. The van der Waals surface area contributed by atoms with Crippen LogP contribution < -0.4 is 15.4 Å². The molecule has 5 fully saturated rings. The number of alkyl halides is 3. The van der Waals surface area contributed by atoms with Crippen LogP contribution in [0.1, 0.15) is 32.1 Å². The smallest absolute Gasteiger partial charge is 0.378 e. The van der Waals surface area contributed by atoms with Crippen LogP contribution >= 0.6 is 34.8 Å². The molecule has 6 rings (SSSR count). The molecule has 0 radical (unpaired) electrons. The number of hydrogen-bond donors (Lipinski definition) is 3. The van der Waals surface area contributed by atoms with Crippen molar-refractivity contribution in [3.63, 3.8) is 0 Å². The third-order valence-electron chi connectivity index (χ3n) is 8.65. The van der Waals surface area contributed by atoms with Crippen molar-refractivity contribution < 1.29 is 36.3 Å². The van der Waals surface area contributed by atoms with Crippen LogP contribution in [0.15, 0.2) is 12.1 Å². The second-order valence-electron chi connectivity index (χ2n) is 11.2. The van der Waals surface area contributed by atoms with E-state index in [1.54, 1.807) is 0 Å². The van der Waals surface area contributed by atoms with E-state index in [-0.39, 0.29) is 47.5 Å². The van der Waals surface area contributed by atoms with Gasteiger partial charge >= 0.3 is 16.4 Å². The summed E-state index contributed by atoms with van der Waals surface area (Å²) in [6, 6.07) is 1.83. The number of aliphatic hydroxyl groups is 1. The quantitative estimate of drug-likeness (QED) is 0.459. The minimum absolute atomic E-state index is 0.0132. The van der Waals surface area contributed by atoms with Crippen molar-refractivity contribution >= 4 is 62.5 Å². The molecule has 39 heavy (non-hydrogen) atoms. The number of halogens is 6. The summed E-state index contributed by atoms with van der Waals surface area (Å²) in [5, 5.41) is 12.7. The number of nitrogens with zero attached hydrogens (tertiary/aromatic N) is 2. The lowest BCUT2D eigenvalue weighted by Gasteiger charge is -2.58. The van der Waals surface area contributed by atoms with Crippen molar-refractivity contribution in [1.29, 1.82) is 0 Å². The molecule has 5 aliphatic rings. The normalized spacial score (nSPS) is 35.7. The first-order chi connectivity index (χ1) is 18.0. The summed E-state index contributed by atoms with van der Waals surface area (Å²) in [6.45, 7) is -3.82. The van der Waals surface area contributed by atoms with Gasteiger partial charge in [-0.3, -0.25) is 13.9 Å². The maximum Gasteiger partial charge on any atom is 0.420 e. The van der Waals surface area contributed by atoms with Crippen molar-refractivity contribution in [3.05, 3.63) is 27.2 Å². The Morgan fingerprint density at radius 1 is 1.08 bits per heavy atom. The number of nitrogens with two attached hydrogens (primary N) is 1. The number of hydrogen-bond acceptors (Lipinski definition) is 5. The Balaban J connectivity index is 1.41. The summed E-state index contributed by atoms with van der Waals surface area (Å²) in [4.78, 5) is 25.3. The largest absolute Gasteiger partial charge is 0.420 e. The van der Waals surface area contributed by atoms with Gasteiger partial charge in [-0.2, -0.15) is 25.9 Å². The highest BCUT2D eigenvalue weighted by molar-refractivity contribution is 7.90. The second-order valence-corrected chi connectivity index (χ2v) is 14.3. The molecule has 9 nitrogen and oxygen atoms in total. The second kappa shape index (κ2) is 9.52. The van der Waals surface area contributed by atoms with E-state index in [1.807, 2.05) is 0 Å². The molecule has 4 N–H and O–H groups in total. The fraction of sp³-hybridized carbons (Fsp3) is 0.652. The molecule has 0 aromatic heterocycles. The summed E-state index contributed by atoms with van der Waals surface area (Å²) in [6.07, 6.45) is -2.01. The van der Waals surface area contributed by atoms with Crippen LogP contribution in [-0.4, -0.2) is 67.1 Å². The van der Waals surface area contributed by atoms with Crippen molar-refractivity contribution in [2.45, 2.75) is 49.9 Å². The van der Waals surface area contributed by atoms with Crippen molar-refractivity contribution in [2.24, 2.45) is 28.9 Å². The number of primary amides is 1. The summed E-state index contributed by atoms with van der Waals surface area (Å²) in [5.41, 5.74) is 1.03. The number of nitrogens with one attached hydrogen (secondary N) is 1. The zero-order chi connectivity index (χ0) is 28.7. The van der Waals surface area contributed by atoms with Gasteiger partial charge in [0.1, 0.15) is 0 Å². The summed E-state index contributed by atoms with van der Waals surface area (Å²) in [5.74, 6) is -1.00. The molecule has 2 amide bonds. The number of benzene rings is 1. The standard InChI is InChI=1S/C23H26Cl3F3N4O5S/c24-14-3-15(25)19(16(26)4-14)33-10-22(36,23(27,28)29)9-32(39(33,37)38)8-17(34)31-18-12-1-11-2-13(18)7-21(5-11,6-12)20(30)35/h3-4,11-13,18,36H,1-2,5-10H2,(H2,30,35)(H,31,34). The van der Waals surface area contributed by atoms with Gasteiger partial charge in [0, 0.05) is 16.5 Å². The van der Waals surface area contributed by atoms with Crippen LogP contribution in [0.25, 0.3) is 0 Å². The van der Waals surface area contributed by atoms with E-state index in [2.05, 4.69) is 5.32 Å². The molecule has 0 spiro atoms. The maximum absolute atomic E-state index is 14.0. The predicted molar refractivity (Wildman–Crippen MR) is 137 cm³/mol. The van der Waals surface area contributed by atoms with E-state index in [0.717, 1.165) is 25.0 Å². The Labute approximate surface area is 237 Å². The minimum atomic E-state index is -5.26. The molecular formula is C23H26Cl3F3N4O5S. The Morgan fingerprint density at radius 3 is 2.15 bits per heavy atom. The monoisotopic (exact) mass is 632 g/mol. The molecule has 3 unspecified atom stereocenters. The zero-order valence-electron chi connectivity index (χ0n) is 20.3. The van der Waals surface area contributed by atoms with Gasteiger partial charge in [0.25, 0.3) is 0 Å². The lowest BCUT2D eigenvalue weighted by atomic mass is 9.47. The Kier molecular flexibility index (Phi) is 7.08. The predicted octanol–water partition coefficient (Wildman–Crippen LogP) is 3.10. The van der Waals surface area contributed by atoms with Gasteiger partial charge in [0.05, 0.1) is 35.4 Å². The molecule has 1 aromatic rings. The van der Waals surface area contributed by atoms with E-state index in [9.17, 15) is 36.3 Å². The van der Waals surface area contributed by atoms with Gasteiger partial charge in [-0.25, -0.2) is 0 Å². The topological polar surface area (TPSA) is 133 Å². The Morgan fingerprint density at radius 2 is 1.64 bits per heavy atom. The third kappa shape index (κ3) is 4.86. The highest BCUT2D eigenvalue weighted by Crippen LogP contribution is 2.60. The summed E-state index contributed by atoms with van der Waals surface area (Å²) in [7, 11) is -4.81. The number of amides is 2. The van der Waals surface area contributed by atoms with Crippen molar-refractivity contribution in [2.75, 3.05) is 23.9 Å². The molecular weight excluding hydrogens is 608 g/mol. The van der Waals surface area contributed by atoms with Crippen molar-refractivity contribution in [1.82, 2.24) is 9.62 Å². The van der Waals surface area contributed by atoms with Crippen LogP contribution in [0.2, 0.25) is 15.1 Å². The van der Waals surface area contributed by atoms with Gasteiger partial charge in [0.15, 0.2) is 5.60 Å². The number of carbonyl (C=O) groups excluding carboxylic acids is 2. The number of β-amino-alcohol motifs (C(OH)–C–C–N with tert-alkyl or cyclic N) is 1. The van der Waals surface area contributed by atoms with Gasteiger partial charge in [-0.05, 0) is 62.0 Å². The maximum atomic E-state index is 14.0. The van der Waals surface area contributed by atoms with Gasteiger partial charge in [-0.15, -0.1) is 0 Å². The molecule has 4 bridgehead atoms. The zero-order valence-corrected chi connectivity index (χ0v) is 23.4. The van der Waals surface area contributed by atoms with E-state index in [0.29, 0.717) is 25.2 Å². The fourth-order valence-corrected chi connectivity index (χ4v) is 9.98. The number of anilines is 1. The molecule has 1 aliphatic heterocycles. The van der Waals surface area contributed by atoms with Crippen molar-refractivity contribution in [3.8, 4) is 0 Å². The number of rotatable bonds is 5. The first-order valence-corrected chi connectivity index (χ1v) is 14.8. The Bertz CT molecular complexity index is 1290. The van der Waals surface area contributed by atoms with Crippen LogP contribution in [0.4, 0.5) is 18.9 Å². The van der Waals surface area contributed by atoms with Crippen LogP contribution in [0.5, 0.6) is 0 Å². The van der Waals surface area contributed by atoms with E-state index in [4.69, 9.17) is 40.5 Å². The van der Waals surface area contributed by atoms with E-state index < -0.39 is 58.6 Å². The summed E-state index contributed by atoms with van der Waals surface area (Å²) < 4.78 is 69.5. The molecule has 3 atom stereocenters. The first kappa shape index (κ1) is 29.0. The molecule has 1 saturated heterocycles. The van der Waals surface area contributed by atoms with Crippen LogP contribution in [0, 0.1) is 23.2 Å². The van der Waals surface area contributed by atoms with E-state index >= 15 is 0 Å². The summed E-state index contributed by atoms with van der Waals surface area (Å²) >= 11 is 18.1. The van der Waals surface area contributed by atoms with Crippen LogP contribution in [-0.2, 0) is 19.8 Å². The lowest BCUT2D eigenvalue weighted by Crippen LogP contribution is -2.69. The highest BCUT2D eigenvalue weighted by atomic mass is 35.5. The minimum Gasteiger partial charge on any atom is -0.378 e. The molecule has 216 valence electrons. The first-order valence-electron chi connectivity index (χ1n) is 12.3. The van der Waals surface area contributed by atoms with Gasteiger partial charge in [-0.1, -0.05) is 34.8 Å². The molecule has 4 aliphatic carbocycles. The van der Waals surface area contributed by atoms with Crippen LogP contribution in [0.3, 0.4) is 0 Å². The molecule has 4 saturated carbocycles. The average molecular weight is 634 g/mol. The van der Waals surface area contributed by atoms with Gasteiger partial charge in [0.2, 0.25) is 11.8 Å². The lowest BCUT2D eigenvalue weighted by molar-refractivity contribution is -0.258. The SMILES string of the molecule is NC(=O)C12CC3CC(C1)C(NC(=O)CN1CC(O)(C(F)(F)F)CN(c4c(Cl)cc(Cl)cc4Cl)S1(=O)=O)C(C3)C2. The molecule has 1 heterocycles. The van der Waals surface area contributed by atoms with Gasteiger partial charge < -0.3 is 16.2 Å². The Hall–Kier alpha value is -1.51. The third-order valence-corrected chi connectivity index (χ3v) is 11.2. The number of carbonyl (C=O) groups is 2.